The molecule has 4 rings (SSSR count). The van der Waals surface area contributed by atoms with Gasteiger partial charge in [0.05, 0.1) is 5.69 Å². The van der Waals surface area contributed by atoms with E-state index in [1.807, 2.05) is 13.1 Å². The summed E-state index contributed by atoms with van der Waals surface area (Å²) in [5.41, 5.74) is 4.45. The van der Waals surface area contributed by atoms with Crippen LogP contribution >= 0.6 is 0 Å². The van der Waals surface area contributed by atoms with Gasteiger partial charge < -0.3 is 10.4 Å². The van der Waals surface area contributed by atoms with E-state index in [2.05, 4.69) is 32.2 Å². The summed E-state index contributed by atoms with van der Waals surface area (Å²) < 4.78 is 0. The number of nitrogens with one attached hydrogen (secondary N) is 1. The molecule has 0 aromatic heterocycles. The van der Waals surface area contributed by atoms with Crippen molar-refractivity contribution >= 4 is 5.69 Å². The highest BCUT2D eigenvalue weighted by Crippen LogP contribution is 2.61. The summed E-state index contributed by atoms with van der Waals surface area (Å²) >= 11 is 0. The Balaban J connectivity index is 0.000000526. The number of hydrogen-bond acceptors (Lipinski definition) is 2. The standard InChI is InChI=1S/C19H27NO.C3H8/c1-19-8-3-4-16(19)14-6-5-12-10-18(21)17(20-2)11-15(12)13(14)7-9-19;1-3-2/h10-11,13-14,16,20-21H,3-9H2,1-2H3;3H2,1-2H3/t13?,14?,16?,19-;/m0./s1. The summed E-state index contributed by atoms with van der Waals surface area (Å²) in [6, 6.07) is 4.25. The van der Waals surface area contributed by atoms with Crippen molar-refractivity contribution in [2.45, 2.75) is 78.1 Å². The van der Waals surface area contributed by atoms with Crippen molar-refractivity contribution in [1.82, 2.24) is 0 Å². The Labute approximate surface area is 148 Å². The zero-order valence-electron chi connectivity index (χ0n) is 16.0. The lowest BCUT2D eigenvalue weighted by Crippen LogP contribution is -2.39. The summed E-state index contributed by atoms with van der Waals surface area (Å²) in [5, 5.41) is 13.2. The van der Waals surface area contributed by atoms with E-state index in [0.717, 1.165) is 29.9 Å². The highest BCUT2D eigenvalue weighted by Gasteiger charge is 2.50. The molecule has 0 aliphatic heterocycles. The average molecular weight is 330 g/mol. The normalized spacial score (nSPS) is 33.6. The van der Waals surface area contributed by atoms with Gasteiger partial charge in [0.15, 0.2) is 0 Å². The molecule has 24 heavy (non-hydrogen) atoms. The van der Waals surface area contributed by atoms with Gasteiger partial charge in [-0.2, -0.15) is 0 Å². The quantitative estimate of drug-likeness (QED) is 0.610. The molecule has 3 unspecified atom stereocenters. The predicted octanol–water partition coefficient (Wildman–Crippen LogP) is 6.10. The number of anilines is 1. The van der Waals surface area contributed by atoms with E-state index in [4.69, 9.17) is 0 Å². The smallest absolute Gasteiger partial charge is 0.138 e. The van der Waals surface area contributed by atoms with Crippen molar-refractivity contribution in [1.29, 1.82) is 0 Å². The topological polar surface area (TPSA) is 32.3 Å². The second-order valence-electron chi connectivity index (χ2n) is 8.53. The van der Waals surface area contributed by atoms with Crippen LogP contribution in [0, 0.1) is 17.3 Å². The lowest BCUT2D eigenvalue weighted by atomic mass is 9.56. The molecule has 2 fully saturated rings. The fourth-order valence-corrected chi connectivity index (χ4v) is 5.80. The zero-order valence-corrected chi connectivity index (χ0v) is 16.0. The average Bonchev–Trinajstić information content (AvgIpc) is 2.96. The minimum atomic E-state index is 0.413. The number of phenols is 1. The van der Waals surface area contributed by atoms with Gasteiger partial charge in [-0.05, 0) is 85.0 Å². The lowest BCUT2D eigenvalue weighted by molar-refractivity contribution is 0.0598. The molecule has 0 saturated heterocycles. The third-order valence-electron chi connectivity index (χ3n) is 6.89. The number of fused-ring (bicyclic) bond motifs is 5. The monoisotopic (exact) mass is 329 g/mol. The van der Waals surface area contributed by atoms with Crippen LogP contribution < -0.4 is 5.32 Å². The third-order valence-corrected chi connectivity index (χ3v) is 6.89. The number of aryl methyl sites for hydroxylation is 1. The Bertz CT molecular complexity index is 582. The Morgan fingerprint density at radius 2 is 1.92 bits per heavy atom. The Kier molecular flexibility index (Phi) is 5.13. The maximum absolute atomic E-state index is 10.1. The number of aromatic hydroxyl groups is 1. The first kappa shape index (κ1) is 17.6. The number of benzene rings is 1. The highest BCUT2D eigenvalue weighted by molar-refractivity contribution is 5.60. The second kappa shape index (κ2) is 6.98. The molecular formula is C22H35NO. The molecule has 2 nitrogen and oxygen atoms in total. The first-order chi connectivity index (χ1) is 11.5. The molecule has 3 aliphatic carbocycles. The molecule has 0 heterocycles. The van der Waals surface area contributed by atoms with Crippen LogP contribution in [0.25, 0.3) is 0 Å². The molecule has 3 aliphatic rings. The molecule has 134 valence electrons. The Hall–Kier alpha value is -1.18. The molecule has 4 atom stereocenters. The molecule has 0 radical (unpaired) electrons. The fourth-order valence-electron chi connectivity index (χ4n) is 5.80. The van der Waals surface area contributed by atoms with Crippen molar-refractivity contribution in [2.75, 3.05) is 12.4 Å². The maximum Gasteiger partial charge on any atom is 0.138 e. The molecule has 0 amide bonds. The molecule has 1 aromatic rings. The van der Waals surface area contributed by atoms with Crippen LogP contribution in [0.1, 0.15) is 82.8 Å². The van der Waals surface area contributed by atoms with E-state index >= 15 is 0 Å². The molecule has 2 saturated carbocycles. The summed E-state index contributed by atoms with van der Waals surface area (Å²) in [5.74, 6) is 2.97. The summed E-state index contributed by atoms with van der Waals surface area (Å²) in [6.45, 7) is 6.80. The number of phenolic OH excluding ortho intramolecular Hbond substituents is 1. The van der Waals surface area contributed by atoms with Crippen molar-refractivity contribution in [2.24, 2.45) is 17.3 Å². The Morgan fingerprint density at radius 1 is 1.17 bits per heavy atom. The molecule has 0 spiro atoms. The van der Waals surface area contributed by atoms with Crippen molar-refractivity contribution in [3.8, 4) is 5.75 Å². The molecule has 2 heteroatoms. The minimum absolute atomic E-state index is 0.413. The van der Waals surface area contributed by atoms with Gasteiger partial charge in [-0.3, -0.25) is 0 Å². The van der Waals surface area contributed by atoms with E-state index in [9.17, 15) is 5.11 Å². The summed E-state index contributed by atoms with van der Waals surface area (Å²) in [7, 11) is 1.90. The van der Waals surface area contributed by atoms with Gasteiger partial charge in [-0.1, -0.05) is 33.6 Å². The van der Waals surface area contributed by atoms with Gasteiger partial charge in [0, 0.05) is 7.05 Å². The van der Waals surface area contributed by atoms with Crippen LogP contribution in [0.15, 0.2) is 12.1 Å². The van der Waals surface area contributed by atoms with Gasteiger partial charge in [0.1, 0.15) is 5.75 Å². The SMILES string of the molecule is CCC.CNc1cc2c(cc1O)CCC1C2CC[C@]2(C)CCCC12. The van der Waals surface area contributed by atoms with E-state index in [0.29, 0.717) is 11.2 Å². The summed E-state index contributed by atoms with van der Waals surface area (Å²) in [4.78, 5) is 0. The van der Waals surface area contributed by atoms with E-state index in [1.54, 1.807) is 0 Å². The first-order valence-corrected chi connectivity index (χ1v) is 10.1. The number of rotatable bonds is 1. The lowest BCUT2D eigenvalue weighted by Gasteiger charge is -2.49. The van der Waals surface area contributed by atoms with Crippen LogP contribution in [0.3, 0.4) is 0 Å². The van der Waals surface area contributed by atoms with E-state index in [-0.39, 0.29) is 0 Å². The maximum atomic E-state index is 10.1. The van der Waals surface area contributed by atoms with Crippen molar-refractivity contribution < 1.29 is 5.11 Å². The molecule has 2 N–H and O–H groups in total. The first-order valence-electron chi connectivity index (χ1n) is 10.1. The van der Waals surface area contributed by atoms with Gasteiger partial charge in [-0.25, -0.2) is 0 Å². The second-order valence-corrected chi connectivity index (χ2v) is 8.53. The summed E-state index contributed by atoms with van der Waals surface area (Å²) in [6.07, 6.45) is 10.8. The van der Waals surface area contributed by atoms with Crippen LogP contribution in [0.4, 0.5) is 5.69 Å². The van der Waals surface area contributed by atoms with Crippen LogP contribution in [0.5, 0.6) is 5.75 Å². The number of hydrogen-bond donors (Lipinski definition) is 2. The van der Waals surface area contributed by atoms with Gasteiger partial charge in [-0.15, -0.1) is 0 Å². The van der Waals surface area contributed by atoms with E-state index < -0.39 is 0 Å². The van der Waals surface area contributed by atoms with Crippen LogP contribution in [0.2, 0.25) is 0 Å². The zero-order chi connectivity index (χ0) is 17.3. The van der Waals surface area contributed by atoms with Crippen LogP contribution in [-0.4, -0.2) is 12.2 Å². The van der Waals surface area contributed by atoms with Gasteiger partial charge in [0.25, 0.3) is 0 Å². The molecular weight excluding hydrogens is 294 g/mol. The minimum Gasteiger partial charge on any atom is -0.506 e. The van der Waals surface area contributed by atoms with E-state index in [1.165, 1.54) is 56.1 Å². The highest BCUT2D eigenvalue weighted by atomic mass is 16.3. The van der Waals surface area contributed by atoms with Crippen molar-refractivity contribution in [3.63, 3.8) is 0 Å². The predicted molar refractivity (Wildman–Crippen MR) is 103 cm³/mol. The third kappa shape index (κ3) is 2.93. The fraction of sp³-hybridized carbons (Fsp3) is 0.727. The van der Waals surface area contributed by atoms with Gasteiger partial charge >= 0.3 is 0 Å². The molecule has 0 bridgehead atoms. The van der Waals surface area contributed by atoms with Crippen molar-refractivity contribution in [3.05, 3.63) is 23.3 Å². The van der Waals surface area contributed by atoms with Crippen LogP contribution in [-0.2, 0) is 6.42 Å². The van der Waals surface area contributed by atoms with Gasteiger partial charge in [0.2, 0.25) is 0 Å². The Morgan fingerprint density at radius 3 is 2.62 bits per heavy atom. The molecule has 1 aromatic carbocycles. The largest absolute Gasteiger partial charge is 0.506 e.